The number of imidazole rings is 1. The summed E-state index contributed by atoms with van der Waals surface area (Å²) in [6.07, 6.45) is 4.85. The summed E-state index contributed by atoms with van der Waals surface area (Å²) in [7, 11) is 1.67. The van der Waals surface area contributed by atoms with Gasteiger partial charge in [0, 0.05) is 51.8 Å². The predicted molar refractivity (Wildman–Crippen MR) is 213 cm³/mol. The number of thiocarbonyl (C=S) groups is 1. The van der Waals surface area contributed by atoms with Gasteiger partial charge in [0.25, 0.3) is 0 Å². The van der Waals surface area contributed by atoms with Crippen molar-refractivity contribution in [2.24, 2.45) is 0 Å². The first-order chi connectivity index (χ1) is 25.8. The molecule has 0 saturated heterocycles. The molecule has 1 heterocycles. The van der Waals surface area contributed by atoms with Crippen molar-refractivity contribution in [2.45, 2.75) is 45.0 Å². The maximum Gasteiger partial charge on any atom is 0.226 e. The molecule has 1 atom stereocenters. The average molecular weight is 770 g/mol. The summed E-state index contributed by atoms with van der Waals surface area (Å²) in [6, 6.07) is 32.7. The van der Waals surface area contributed by atoms with Crippen LogP contribution in [0.1, 0.15) is 39.9 Å². The van der Waals surface area contributed by atoms with Crippen LogP contribution < -0.4 is 15.4 Å². The summed E-state index contributed by atoms with van der Waals surface area (Å²) in [6.45, 7) is 2.98. The number of aromatic nitrogens is 2. The Hall–Kier alpha value is -4.92. The van der Waals surface area contributed by atoms with Gasteiger partial charge in [-0.15, -0.1) is 0 Å². The SMILES string of the molecule is COCCCNC(=S)N(Cc1cccc(Cl)c1Cl)C[C@H](Cc1ccc(OCc2ccccc2)cc1)NC(=O)Cc1cncn1Cc1ccc(C#N)cc1. The van der Waals surface area contributed by atoms with Crippen LogP contribution in [0.3, 0.4) is 0 Å². The van der Waals surface area contributed by atoms with Gasteiger partial charge in [0.15, 0.2) is 5.11 Å². The van der Waals surface area contributed by atoms with E-state index in [2.05, 4.69) is 21.7 Å². The number of halogens is 2. The molecule has 12 heteroatoms. The fraction of sp³-hybridized carbons (Fsp3) is 0.268. The van der Waals surface area contributed by atoms with Gasteiger partial charge in [-0.05, 0) is 77.6 Å². The van der Waals surface area contributed by atoms with E-state index in [1.54, 1.807) is 37.8 Å². The van der Waals surface area contributed by atoms with Gasteiger partial charge in [-0.1, -0.05) is 89.9 Å². The Morgan fingerprint density at radius 1 is 0.981 bits per heavy atom. The zero-order valence-electron chi connectivity index (χ0n) is 29.5. The average Bonchev–Trinajstić information content (AvgIpc) is 3.60. The summed E-state index contributed by atoms with van der Waals surface area (Å²) in [5.41, 5.74) is 5.29. The van der Waals surface area contributed by atoms with E-state index in [1.165, 1.54) is 0 Å². The molecule has 5 rings (SSSR count). The molecule has 9 nitrogen and oxygen atoms in total. The van der Waals surface area contributed by atoms with E-state index in [0.717, 1.165) is 40.1 Å². The molecule has 0 aliphatic carbocycles. The third kappa shape index (κ3) is 12.3. The lowest BCUT2D eigenvalue weighted by Gasteiger charge is -2.31. The molecule has 0 bridgehead atoms. The van der Waals surface area contributed by atoms with Crippen molar-refractivity contribution >= 4 is 46.4 Å². The summed E-state index contributed by atoms with van der Waals surface area (Å²) in [5, 5.41) is 17.2. The molecule has 53 heavy (non-hydrogen) atoms. The molecule has 0 unspecified atom stereocenters. The van der Waals surface area contributed by atoms with E-state index in [0.29, 0.717) is 66.5 Å². The number of carbonyl (C=O) groups excluding carboxylic acids is 1. The summed E-state index contributed by atoms with van der Waals surface area (Å²) >= 11 is 18.9. The molecule has 0 spiro atoms. The first kappa shape index (κ1) is 39.3. The molecule has 2 N–H and O–H groups in total. The molecule has 0 saturated carbocycles. The second kappa shape index (κ2) is 20.4. The number of nitrogens with one attached hydrogen (secondary N) is 2. The summed E-state index contributed by atoms with van der Waals surface area (Å²) in [4.78, 5) is 20.1. The predicted octanol–water partition coefficient (Wildman–Crippen LogP) is 7.37. The Morgan fingerprint density at radius 2 is 1.74 bits per heavy atom. The minimum absolute atomic E-state index is 0.124. The fourth-order valence-corrected chi connectivity index (χ4v) is 6.38. The van der Waals surface area contributed by atoms with Crippen molar-refractivity contribution in [3.05, 3.63) is 153 Å². The van der Waals surface area contributed by atoms with E-state index in [4.69, 9.17) is 50.2 Å². The molecule has 0 fully saturated rings. The highest BCUT2D eigenvalue weighted by Crippen LogP contribution is 2.27. The lowest BCUT2D eigenvalue weighted by Crippen LogP contribution is -2.49. The fourth-order valence-electron chi connectivity index (χ4n) is 5.76. The van der Waals surface area contributed by atoms with Gasteiger partial charge in [0.2, 0.25) is 5.91 Å². The summed E-state index contributed by atoms with van der Waals surface area (Å²) < 4.78 is 13.2. The molecular weight excluding hydrogens is 727 g/mol. The second-order valence-corrected chi connectivity index (χ2v) is 13.7. The Bertz CT molecular complexity index is 1970. The topological polar surface area (TPSA) is 104 Å². The maximum absolute atomic E-state index is 13.8. The molecule has 1 aromatic heterocycles. The van der Waals surface area contributed by atoms with Crippen molar-refractivity contribution < 1.29 is 14.3 Å². The number of carbonyl (C=O) groups is 1. The van der Waals surface area contributed by atoms with E-state index in [-0.39, 0.29) is 18.4 Å². The van der Waals surface area contributed by atoms with Gasteiger partial charge < -0.3 is 29.6 Å². The highest BCUT2D eigenvalue weighted by atomic mass is 35.5. The van der Waals surface area contributed by atoms with E-state index >= 15 is 0 Å². The van der Waals surface area contributed by atoms with Crippen LogP contribution in [0.4, 0.5) is 0 Å². The zero-order chi connectivity index (χ0) is 37.4. The van der Waals surface area contributed by atoms with Gasteiger partial charge in [-0.25, -0.2) is 4.98 Å². The molecule has 5 aromatic rings. The van der Waals surface area contributed by atoms with Crippen molar-refractivity contribution in [2.75, 3.05) is 26.8 Å². The Balaban J connectivity index is 1.34. The van der Waals surface area contributed by atoms with Crippen molar-refractivity contribution in [1.29, 1.82) is 5.26 Å². The van der Waals surface area contributed by atoms with Gasteiger partial charge in [0.1, 0.15) is 12.4 Å². The Morgan fingerprint density at radius 3 is 2.47 bits per heavy atom. The molecule has 4 aromatic carbocycles. The van der Waals surface area contributed by atoms with Gasteiger partial charge in [-0.2, -0.15) is 5.26 Å². The van der Waals surface area contributed by atoms with Gasteiger partial charge >= 0.3 is 0 Å². The van der Waals surface area contributed by atoms with Crippen LogP contribution in [0.25, 0.3) is 0 Å². The Labute approximate surface area is 326 Å². The lowest BCUT2D eigenvalue weighted by molar-refractivity contribution is -0.121. The standard InChI is InChI=1S/C41H42Cl2N6O3S/c1-51-20-6-19-46-41(53)48(26-34-9-5-10-38(42)40(34)43)27-35(21-30-15-17-37(18-16-30)52-28-33-7-3-2-4-8-33)47-39(50)22-36-24-45-29-49(36)25-32-13-11-31(23-44)12-14-32/h2-5,7-18,24,29,35H,6,19-22,25-28H2,1H3,(H,46,53)(H,47,50)/t35-/m0/s1. The van der Waals surface area contributed by atoms with E-state index < -0.39 is 0 Å². The van der Waals surface area contributed by atoms with Crippen molar-refractivity contribution in [3.8, 4) is 11.8 Å². The first-order valence-corrected chi connectivity index (χ1v) is 18.5. The number of nitrogens with zero attached hydrogens (tertiary/aromatic N) is 4. The largest absolute Gasteiger partial charge is 0.489 e. The third-order valence-corrected chi connectivity index (χ3v) is 9.78. The van der Waals surface area contributed by atoms with Crippen LogP contribution in [-0.4, -0.2) is 58.3 Å². The van der Waals surface area contributed by atoms with Gasteiger partial charge in [0.05, 0.1) is 40.5 Å². The normalized spacial score (nSPS) is 11.4. The molecule has 1 amide bonds. The van der Waals surface area contributed by atoms with Crippen LogP contribution >= 0.6 is 35.4 Å². The third-order valence-electron chi connectivity index (χ3n) is 8.52. The molecule has 0 aliphatic rings. The number of hydrogen-bond acceptors (Lipinski definition) is 6. The molecule has 0 aliphatic heterocycles. The maximum atomic E-state index is 13.8. The van der Waals surface area contributed by atoms with Crippen molar-refractivity contribution in [3.63, 3.8) is 0 Å². The zero-order valence-corrected chi connectivity index (χ0v) is 31.8. The van der Waals surface area contributed by atoms with Gasteiger partial charge in [-0.3, -0.25) is 4.79 Å². The monoisotopic (exact) mass is 768 g/mol. The smallest absolute Gasteiger partial charge is 0.226 e. The number of nitriles is 1. The van der Waals surface area contributed by atoms with E-state index in [9.17, 15) is 4.79 Å². The lowest BCUT2D eigenvalue weighted by atomic mass is 10.0. The minimum atomic E-state index is -0.342. The number of benzene rings is 4. The molecule has 0 radical (unpaired) electrons. The van der Waals surface area contributed by atoms with Crippen molar-refractivity contribution in [1.82, 2.24) is 25.1 Å². The highest BCUT2D eigenvalue weighted by molar-refractivity contribution is 7.80. The van der Waals surface area contributed by atoms with Crippen LogP contribution in [0.2, 0.25) is 10.0 Å². The molecular formula is C41H42Cl2N6O3S. The second-order valence-electron chi connectivity index (χ2n) is 12.6. The van der Waals surface area contributed by atoms with Crippen LogP contribution in [0.5, 0.6) is 5.75 Å². The number of methoxy groups -OCH3 is 1. The number of hydrogen-bond donors (Lipinski definition) is 2. The minimum Gasteiger partial charge on any atom is -0.489 e. The van der Waals surface area contributed by atoms with Crippen LogP contribution in [-0.2, 0) is 42.1 Å². The first-order valence-electron chi connectivity index (χ1n) is 17.3. The summed E-state index contributed by atoms with van der Waals surface area (Å²) in [5.74, 6) is 0.603. The number of ether oxygens (including phenoxy) is 2. The quantitative estimate of drug-likeness (QED) is 0.0704. The van der Waals surface area contributed by atoms with E-state index in [1.807, 2.05) is 88.3 Å². The molecule has 274 valence electrons. The van der Waals surface area contributed by atoms with Crippen LogP contribution in [0.15, 0.2) is 110 Å². The Kier molecular flexibility index (Phi) is 15.1. The number of rotatable bonds is 18. The number of amides is 1. The van der Waals surface area contributed by atoms with Crippen LogP contribution in [0, 0.1) is 11.3 Å². The highest BCUT2D eigenvalue weighted by Gasteiger charge is 2.22.